The minimum absolute atomic E-state index is 0.0983. The van der Waals surface area contributed by atoms with Gasteiger partial charge in [-0.3, -0.25) is 4.79 Å². The lowest BCUT2D eigenvalue weighted by molar-refractivity contribution is -0.274. The maximum atomic E-state index is 12.6. The van der Waals surface area contributed by atoms with Gasteiger partial charge in [0.1, 0.15) is 5.75 Å². The summed E-state index contributed by atoms with van der Waals surface area (Å²) < 4.78 is 42.0. The minimum atomic E-state index is -4.73. The Morgan fingerprint density at radius 2 is 1.83 bits per heavy atom. The number of ether oxygens (including phenoxy) is 1. The maximum absolute atomic E-state index is 12.6. The quantitative estimate of drug-likeness (QED) is 0.746. The van der Waals surface area contributed by atoms with Crippen LogP contribution < -0.4 is 10.1 Å². The fraction of sp³-hybridized carbons (Fsp3) is 0.476. The Hall–Kier alpha value is -2.84. The van der Waals surface area contributed by atoms with Crippen LogP contribution in [0.25, 0.3) is 0 Å². The first-order valence-electron chi connectivity index (χ1n) is 9.98. The van der Waals surface area contributed by atoms with Crippen LogP contribution in [0.15, 0.2) is 30.6 Å². The van der Waals surface area contributed by atoms with Gasteiger partial charge in [-0.25, -0.2) is 9.97 Å². The number of carbonyl (C=O) groups excluding carboxylic acids is 1. The van der Waals surface area contributed by atoms with Crippen molar-refractivity contribution in [2.75, 3.05) is 5.32 Å². The van der Waals surface area contributed by atoms with Gasteiger partial charge in [-0.2, -0.15) is 0 Å². The molecule has 1 saturated heterocycles. The smallest absolute Gasteiger partial charge is 0.406 e. The monoisotopic (exact) mass is 420 g/mol. The molecule has 2 heterocycles. The molecule has 2 atom stereocenters. The summed E-state index contributed by atoms with van der Waals surface area (Å²) in [5.74, 6) is 0.266. The fourth-order valence-corrected chi connectivity index (χ4v) is 3.91. The number of aromatic nitrogens is 2. The van der Waals surface area contributed by atoms with E-state index in [9.17, 15) is 18.0 Å². The minimum Gasteiger partial charge on any atom is -0.406 e. The van der Waals surface area contributed by atoms with Gasteiger partial charge in [0, 0.05) is 31.0 Å². The van der Waals surface area contributed by atoms with E-state index in [1.54, 1.807) is 4.90 Å². The molecule has 0 bridgehead atoms. The summed E-state index contributed by atoms with van der Waals surface area (Å²) in [4.78, 5) is 22.7. The molecular formula is C21H23F3N4O2. The lowest BCUT2D eigenvalue weighted by Gasteiger charge is -2.45. The summed E-state index contributed by atoms with van der Waals surface area (Å²) in [7, 11) is 0. The second-order valence-electron chi connectivity index (χ2n) is 8.03. The van der Waals surface area contributed by atoms with Gasteiger partial charge in [-0.1, -0.05) is 6.07 Å². The molecule has 1 aromatic heterocycles. The van der Waals surface area contributed by atoms with E-state index in [2.05, 4.69) is 20.0 Å². The van der Waals surface area contributed by atoms with Crippen molar-refractivity contribution in [3.05, 3.63) is 47.3 Å². The second kappa shape index (κ2) is 7.77. The molecule has 1 amide bonds. The van der Waals surface area contributed by atoms with E-state index in [-0.39, 0.29) is 36.2 Å². The molecule has 160 valence electrons. The van der Waals surface area contributed by atoms with Gasteiger partial charge >= 0.3 is 6.36 Å². The largest absolute Gasteiger partial charge is 0.573 e. The van der Waals surface area contributed by atoms with E-state index in [0.29, 0.717) is 17.1 Å². The molecular weight excluding hydrogens is 397 g/mol. The number of carbonyl (C=O) groups is 1. The third kappa shape index (κ3) is 4.66. The Morgan fingerprint density at radius 1 is 1.17 bits per heavy atom. The van der Waals surface area contributed by atoms with Crippen molar-refractivity contribution in [1.82, 2.24) is 14.9 Å². The molecule has 2 unspecified atom stereocenters. The Labute approximate surface area is 172 Å². The van der Waals surface area contributed by atoms with Crippen molar-refractivity contribution in [1.29, 1.82) is 0 Å². The van der Waals surface area contributed by atoms with Crippen molar-refractivity contribution in [2.45, 2.75) is 64.0 Å². The first kappa shape index (κ1) is 20.4. The van der Waals surface area contributed by atoms with Crippen LogP contribution >= 0.6 is 0 Å². The molecule has 4 rings (SSSR count). The van der Waals surface area contributed by atoms with Crippen molar-refractivity contribution >= 4 is 11.9 Å². The molecule has 1 aromatic carbocycles. The highest BCUT2D eigenvalue weighted by Gasteiger charge is 2.36. The average Bonchev–Trinajstić information content (AvgIpc) is 3.50. The van der Waals surface area contributed by atoms with E-state index in [1.807, 2.05) is 19.9 Å². The molecule has 6 nitrogen and oxygen atoms in total. The van der Waals surface area contributed by atoms with Crippen molar-refractivity contribution in [3.63, 3.8) is 0 Å². The molecule has 0 radical (unpaired) electrons. The highest BCUT2D eigenvalue weighted by Crippen LogP contribution is 2.42. The van der Waals surface area contributed by atoms with Crippen LogP contribution in [0, 0.1) is 0 Å². The third-order valence-corrected chi connectivity index (χ3v) is 5.49. The Balaban J connectivity index is 1.42. The number of halogens is 3. The number of nitrogens with one attached hydrogen (secondary N) is 1. The van der Waals surface area contributed by atoms with Gasteiger partial charge in [0.2, 0.25) is 5.95 Å². The molecule has 9 heteroatoms. The molecule has 1 aliphatic carbocycles. The predicted octanol–water partition coefficient (Wildman–Crippen LogP) is 4.49. The number of likely N-dealkylation sites (tertiary alicyclic amines) is 1. The van der Waals surface area contributed by atoms with Crippen molar-refractivity contribution in [3.8, 4) is 5.75 Å². The molecule has 2 fully saturated rings. The van der Waals surface area contributed by atoms with Crippen molar-refractivity contribution in [2.24, 2.45) is 0 Å². The summed E-state index contributed by atoms with van der Waals surface area (Å²) in [6, 6.07) is 5.09. The van der Waals surface area contributed by atoms with Crippen LogP contribution in [0.5, 0.6) is 5.75 Å². The van der Waals surface area contributed by atoms with E-state index in [1.165, 1.54) is 24.5 Å². The van der Waals surface area contributed by atoms with Gasteiger partial charge in [-0.15, -0.1) is 13.2 Å². The normalized spacial score (nSPS) is 21.2. The van der Waals surface area contributed by atoms with Crippen LogP contribution in [0.2, 0.25) is 0 Å². The maximum Gasteiger partial charge on any atom is 0.573 e. The molecule has 2 aliphatic rings. The van der Waals surface area contributed by atoms with Gasteiger partial charge < -0.3 is 15.0 Å². The summed E-state index contributed by atoms with van der Waals surface area (Å²) >= 11 is 0. The Morgan fingerprint density at radius 3 is 2.40 bits per heavy atom. The van der Waals surface area contributed by atoms with Gasteiger partial charge in [0.25, 0.3) is 5.91 Å². The summed E-state index contributed by atoms with van der Waals surface area (Å²) in [6.45, 7) is 4.24. The second-order valence-corrected chi connectivity index (χ2v) is 8.03. The molecule has 0 spiro atoms. The molecule has 1 saturated carbocycles. The van der Waals surface area contributed by atoms with E-state index < -0.39 is 6.36 Å². The van der Waals surface area contributed by atoms with Gasteiger partial charge in [-0.05, 0) is 62.3 Å². The zero-order valence-corrected chi connectivity index (χ0v) is 16.7. The number of anilines is 1. The first-order chi connectivity index (χ1) is 14.2. The lowest BCUT2D eigenvalue weighted by Crippen LogP contribution is -2.55. The van der Waals surface area contributed by atoms with E-state index >= 15 is 0 Å². The van der Waals surface area contributed by atoms with Crippen LogP contribution in [-0.2, 0) is 6.54 Å². The summed E-state index contributed by atoms with van der Waals surface area (Å²) in [6.07, 6.45) is 1.11. The average molecular weight is 420 g/mol. The highest BCUT2D eigenvalue weighted by molar-refractivity contribution is 5.94. The first-order valence-corrected chi connectivity index (χ1v) is 9.98. The molecule has 2 aromatic rings. The number of rotatable bonds is 6. The number of hydrogen-bond donors (Lipinski definition) is 1. The highest BCUT2D eigenvalue weighted by atomic mass is 19.4. The number of alkyl halides is 3. The van der Waals surface area contributed by atoms with Crippen LogP contribution in [-0.4, -0.2) is 39.2 Å². The third-order valence-electron chi connectivity index (χ3n) is 5.49. The summed E-state index contributed by atoms with van der Waals surface area (Å²) in [5, 5.41) is 2.99. The number of amides is 1. The van der Waals surface area contributed by atoms with Crippen LogP contribution in [0.4, 0.5) is 19.1 Å². The fourth-order valence-electron chi connectivity index (χ4n) is 3.91. The van der Waals surface area contributed by atoms with Crippen molar-refractivity contribution < 1.29 is 22.7 Å². The van der Waals surface area contributed by atoms with Crippen LogP contribution in [0.3, 0.4) is 0 Å². The van der Waals surface area contributed by atoms with Crippen LogP contribution in [0.1, 0.15) is 60.5 Å². The molecule has 1 aliphatic heterocycles. The Bertz CT molecular complexity index is 921. The predicted molar refractivity (Wildman–Crippen MR) is 104 cm³/mol. The van der Waals surface area contributed by atoms with Gasteiger partial charge in [0.15, 0.2) is 0 Å². The number of benzene rings is 1. The standard InChI is InChI=1S/C21H23F3N4O2/c1-12-5-13(2)28(12)19(29)17-10-26-20(27-11-17)25-9-14-6-16(15-3-4-15)8-18(7-14)30-21(22,23)24/h6-8,10-13,15H,3-5,9H2,1-2H3,(H,25,26,27). The number of nitrogens with zero attached hydrogens (tertiary/aromatic N) is 3. The zero-order valence-electron chi connectivity index (χ0n) is 16.7. The molecule has 30 heavy (non-hydrogen) atoms. The number of hydrogen-bond acceptors (Lipinski definition) is 5. The topological polar surface area (TPSA) is 67.4 Å². The Kier molecular flexibility index (Phi) is 5.29. The zero-order chi connectivity index (χ0) is 21.5. The molecule has 1 N–H and O–H groups in total. The lowest BCUT2D eigenvalue weighted by atomic mass is 9.95. The van der Waals surface area contributed by atoms with E-state index in [4.69, 9.17) is 0 Å². The summed E-state index contributed by atoms with van der Waals surface area (Å²) in [5.41, 5.74) is 1.90. The van der Waals surface area contributed by atoms with Gasteiger partial charge in [0.05, 0.1) is 5.56 Å². The SMILES string of the molecule is CC1CC(C)N1C(=O)c1cnc(NCc2cc(OC(F)(F)F)cc(C3CC3)c2)nc1. The van der Waals surface area contributed by atoms with E-state index in [0.717, 1.165) is 24.8 Å².